The maximum Gasteiger partial charge on any atom is 0.264 e. The lowest BCUT2D eigenvalue weighted by Gasteiger charge is -2.25. The molecule has 3 aromatic carbocycles. The lowest BCUT2D eigenvalue weighted by Crippen LogP contribution is -2.40. The van der Waals surface area contributed by atoms with Crippen LogP contribution in [0.4, 0.5) is 5.69 Å². The SMILES string of the molecule is Cc1ccc(S(=O)(=O)N(CC(=O)N/N=C\c2ccc3c(c2)OCO3)c2ccc(Cl)cc2C)cc1. The van der Waals surface area contributed by atoms with E-state index in [1.165, 1.54) is 18.3 Å². The van der Waals surface area contributed by atoms with E-state index in [1.807, 2.05) is 6.92 Å². The molecule has 34 heavy (non-hydrogen) atoms. The number of rotatable bonds is 7. The molecule has 10 heteroatoms. The van der Waals surface area contributed by atoms with E-state index >= 15 is 0 Å². The molecular weight excluding hydrogens is 478 g/mol. The zero-order valence-electron chi connectivity index (χ0n) is 18.5. The van der Waals surface area contributed by atoms with E-state index in [-0.39, 0.29) is 11.7 Å². The highest BCUT2D eigenvalue weighted by Crippen LogP contribution is 2.32. The van der Waals surface area contributed by atoms with Crippen molar-refractivity contribution < 1.29 is 22.7 Å². The van der Waals surface area contributed by atoms with E-state index in [0.29, 0.717) is 33.3 Å². The van der Waals surface area contributed by atoms with E-state index in [4.69, 9.17) is 21.1 Å². The van der Waals surface area contributed by atoms with Gasteiger partial charge in [0.25, 0.3) is 15.9 Å². The lowest BCUT2D eigenvalue weighted by molar-refractivity contribution is -0.119. The van der Waals surface area contributed by atoms with E-state index < -0.39 is 22.5 Å². The molecule has 0 atom stereocenters. The Labute approximate surface area is 202 Å². The Bertz CT molecular complexity index is 1360. The number of hydrogen-bond donors (Lipinski definition) is 1. The number of carbonyl (C=O) groups excluding carboxylic acids is 1. The van der Waals surface area contributed by atoms with Gasteiger partial charge in [0, 0.05) is 5.02 Å². The fourth-order valence-corrected chi connectivity index (χ4v) is 5.09. The van der Waals surface area contributed by atoms with E-state index in [0.717, 1.165) is 9.87 Å². The number of nitrogens with zero attached hydrogens (tertiary/aromatic N) is 2. The van der Waals surface area contributed by atoms with Gasteiger partial charge in [0.1, 0.15) is 6.54 Å². The second-order valence-corrected chi connectivity index (χ2v) is 9.96. The Kier molecular flexibility index (Phi) is 6.76. The fourth-order valence-electron chi connectivity index (χ4n) is 3.37. The molecule has 0 fully saturated rings. The summed E-state index contributed by atoms with van der Waals surface area (Å²) in [5, 5.41) is 4.42. The number of nitrogens with one attached hydrogen (secondary N) is 1. The molecule has 0 saturated carbocycles. The number of benzene rings is 3. The highest BCUT2D eigenvalue weighted by atomic mass is 35.5. The Balaban J connectivity index is 1.56. The molecule has 1 aliphatic heterocycles. The van der Waals surface area contributed by atoms with Gasteiger partial charge in [0.2, 0.25) is 6.79 Å². The number of halogens is 1. The van der Waals surface area contributed by atoms with Crippen LogP contribution in [0.1, 0.15) is 16.7 Å². The Morgan fingerprint density at radius 2 is 1.79 bits per heavy atom. The van der Waals surface area contributed by atoms with Crippen LogP contribution in [-0.2, 0) is 14.8 Å². The van der Waals surface area contributed by atoms with E-state index in [9.17, 15) is 13.2 Å². The number of amides is 1. The molecular formula is C24H22ClN3O5S. The number of carbonyl (C=O) groups is 1. The number of hydrogen-bond acceptors (Lipinski definition) is 6. The second kappa shape index (κ2) is 9.74. The molecule has 0 radical (unpaired) electrons. The van der Waals surface area contributed by atoms with Gasteiger partial charge in [-0.25, -0.2) is 13.8 Å². The highest BCUT2D eigenvalue weighted by molar-refractivity contribution is 7.92. The summed E-state index contributed by atoms with van der Waals surface area (Å²) in [6, 6.07) is 16.5. The van der Waals surface area contributed by atoms with Crippen LogP contribution >= 0.6 is 11.6 Å². The number of hydrazone groups is 1. The van der Waals surface area contributed by atoms with Crippen LogP contribution in [0.3, 0.4) is 0 Å². The van der Waals surface area contributed by atoms with Crippen molar-refractivity contribution in [3.63, 3.8) is 0 Å². The summed E-state index contributed by atoms with van der Waals surface area (Å²) in [5.41, 5.74) is 4.95. The van der Waals surface area contributed by atoms with Gasteiger partial charge in [0.15, 0.2) is 11.5 Å². The summed E-state index contributed by atoms with van der Waals surface area (Å²) < 4.78 is 38.6. The topological polar surface area (TPSA) is 97.3 Å². The van der Waals surface area contributed by atoms with E-state index in [2.05, 4.69) is 10.5 Å². The number of ether oxygens (including phenoxy) is 2. The summed E-state index contributed by atoms with van der Waals surface area (Å²) in [5.74, 6) is 0.613. The first-order valence-corrected chi connectivity index (χ1v) is 12.1. The Hall–Kier alpha value is -3.56. The quantitative estimate of drug-likeness (QED) is 0.391. The summed E-state index contributed by atoms with van der Waals surface area (Å²) in [4.78, 5) is 12.8. The summed E-state index contributed by atoms with van der Waals surface area (Å²) in [6.07, 6.45) is 1.44. The molecule has 0 aromatic heterocycles. The van der Waals surface area contributed by atoms with Gasteiger partial charge < -0.3 is 9.47 Å². The molecule has 0 unspecified atom stereocenters. The standard InChI is InChI=1S/C24H22ClN3O5S/c1-16-3-7-20(8-4-16)34(30,31)28(21-9-6-19(25)11-17(21)2)14-24(29)27-26-13-18-5-10-22-23(12-18)33-15-32-22/h3-13H,14-15H2,1-2H3,(H,27,29)/b26-13-. The number of anilines is 1. The zero-order valence-corrected chi connectivity index (χ0v) is 20.1. The minimum absolute atomic E-state index is 0.0733. The maximum atomic E-state index is 13.5. The van der Waals surface area contributed by atoms with Gasteiger partial charge in [-0.2, -0.15) is 5.10 Å². The number of sulfonamides is 1. The average molecular weight is 500 g/mol. The minimum atomic E-state index is -4.04. The summed E-state index contributed by atoms with van der Waals surface area (Å²) in [7, 11) is -4.04. The molecule has 1 aliphatic rings. The molecule has 1 heterocycles. The molecule has 1 N–H and O–H groups in total. The fraction of sp³-hybridized carbons (Fsp3) is 0.167. The predicted molar refractivity (Wildman–Crippen MR) is 130 cm³/mol. The molecule has 0 saturated heterocycles. The van der Waals surface area contributed by atoms with Crippen LogP contribution in [-0.4, -0.2) is 33.9 Å². The monoisotopic (exact) mass is 499 g/mol. The van der Waals surface area contributed by atoms with Crippen molar-refractivity contribution in [2.24, 2.45) is 5.10 Å². The van der Waals surface area contributed by atoms with Gasteiger partial charge in [-0.1, -0.05) is 29.3 Å². The largest absolute Gasteiger partial charge is 0.454 e. The van der Waals surface area contributed by atoms with Crippen LogP contribution in [0, 0.1) is 13.8 Å². The van der Waals surface area contributed by atoms with Crippen molar-refractivity contribution >= 4 is 39.4 Å². The van der Waals surface area contributed by atoms with Gasteiger partial charge >= 0.3 is 0 Å². The molecule has 1 amide bonds. The van der Waals surface area contributed by atoms with Crippen LogP contribution in [0.5, 0.6) is 11.5 Å². The summed E-state index contributed by atoms with van der Waals surface area (Å²) >= 11 is 6.05. The first-order chi connectivity index (χ1) is 16.2. The first kappa shape index (κ1) is 23.6. The van der Waals surface area contributed by atoms with E-state index in [1.54, 1.807) is 55.5 Å². The Morgan fingerprint density at radius 3 is 2.53 bits per heavy atom. The van der Waals surface area contributed by atoms with Gasteiger partial charge in [-0.05, 0) is 73.5 Å². The normalized spacial score (nSPS) is 12.7. The lowest BCUT2D eigenvalue weighted by atomic mass is 10.2. The van der Waals surface area contributed by atoms with Crippen molar-refractivity contribution in [1.82, 2.24) is 5.43 Å². The molecule has 0 spiro atoms. The molecule has 8 nitrogen and oxygen atoms in total. The summed E-state index contributed by atoms with van der Waals surface area (Å²) in [6.45, 7) is 3.27. The predicted octanol–water partition coefficient (Wildman–Crippen LogP) is 4.03. The van der Waals surface area contributed by atoms with Gasteiger partial charge in [-0.15, -0.1) is 0 Å². The van der Waals surface area contributed by atoms with Gasteiger partial charge in [0.05, 0.1) is 16.8 Å². The third kappa shape index (κ3) is 5.16. The first-order valence-electron chi connectivity index (χ1n) is 10.3. The zero-order chi connectivity index (χ0) is 24.3. The molecule has 4 rings (SSSR count). The van der Waals surface area contributed by atoms with Crippen LogP contribution < -0.4 is 19.2 Å². The second-order valence-electron chi connectivity index (χ2n) is 7.66. The smallest absolute Gasteiger partial charge is 0.264 e. The van der Waals surface area contributed by atoms with Crippen molar-refractivity contribution in [3.05, 3.63) is 82.4 Å². The molecule has 0 bridgehead atoms. The highest BCUT2D eigenvalue weighted by Gasteiger charge is 2.28. The van der Waals surface area contributed by atoms with Gasteiger partial charge in [-0.3, -0.25) is 9.10 Å². The average Bonchev–Trinajstić information content (AvgIpc) is 3.26. The van der Waals surface area contributed by atoms with Crippen LogP contribution in [0.2, 0.25) is 5.02 Å². The Morgan fingerprint density at radius 1 is 1.06 bits per heavy atom. The van der Waals surface area contributed by atoms with Crippen molar-refractivity contribution in [1.29, 1.82) is 0 Å². The van der Waals surface area contributed by atoms with Crippen LogP contribution in [0.15, 0.2) is 70.7 Å². The molecule has 0 aliphatic carbocycles. The number of aryl methyl sites for hydroxylation is 2. The molecule has 176 valence electrons. The minimum Gasteiger partial charge on any atom is -0.454 e. The number of fused-ring (bicyclic) bond motifs is 1. The van der Waals surface area contributed by atoms with Crippen molar-refractivity contribution in [2.45, 2.75) is 18.7 Å². The van der Waals surface area contributed by atoms with Crippen LogP contribution in [0.25, 0.3) is 0 Å². The van der Waals surface area contributed by atoms with Crippen molar-refractivity contribution in [3.8, 4) is 11.5 Å². The molecule has 3 aromatic rings. The third-order valence-electron chi connectivity index (χ3n) is 5.12. The maximum absolute atomic E-state index is 13.5. The third-order valence-corrected chi connectivity index (χ3v) is 7.13. The van der Waals surface area contributed by atoms with Crippen molar-refractivity contribution in [2.75, 3.05) is 17.6 Å².